The Morgan fingerprint density at radius 3 is 2.25 bits per heavy atom. The summed E-state index contributed by atoms with van der Waals surface area (Å²) in [4.78, 5) is 18.9. The number of nitrogens with zero attached hydrogens (tertiary/aromatic N) is 2. The molecule has 152 valence electrons. The highest BCUT2D eigenvalue weighted by atomic mass is 16.5. The first-order valence-electron chi connectivity index (χ1n) is 8.93. The zero-order valence-corrected chi connectivity index (χ0v) is 17.0. The van der Waals surface area contributed by atoms with Crippen LogP contribution in [0.3, 0.4) is 0 Å². The standard InChI is InChI=1S/C20H28N4O4/c1-24(2)8-6-7-22-16-9-14(12-21-13-16)20(25)23-15-10-17(26-3)19(28-5)18(11-15)27-4/h9-13,22H,6-8H2,1-5H3,(H,23,25). The molecule has 0 fully saturated rings. The molecule has 2 N–H and O–H groups in total. The van der Waals surface area contributed by atoms with Crippen LogP contribution in [-0.4, -0.2) is 64.3 Å². The number of nitrogens with one attached hydrogen (secondary N) is 2. The summed E-state index contributed by atoms with van der Waals surface area (Å²) in [5, 5.41) is 6.12. The number of hydrogen-bond acceptors (Lipinski definition) is 7. The van der Waals surface area contributed by atoms with Crippen molar-refractivity contribution in [3.05, 3.63) is 36.2 Å². The number of pyridine rings is 1. The molecule has 0 aliphatic carbocycles. The molecular weight excluding hydrogens is 360 g/mol. The molecule has 0 saturated carbocycles. The number of carbonyl (C=O) groups is 1. The Kier molecular flexibility index (Phi) is 7.88. The molecule has 0 atom stereocenters. The maximum Gasteiger partial charge on any atom is 0.257 e. The van der Waals surface area contributed by atoms with Gasteiger partial charge in [0.25, 0.3) is 5.91 Å². The van der Waals surface area contributed by atoms with Crippen molar-refractivity contribution in [1.29, 1.82) is 0 Å². The summed E-state index contributed by atoms with van der Waals surface area (Å²) in [6.07, 6.45) is 4.22. The van der Waals surface area contributed by atoms with Crippen molar-refractivity contribution < 1.29 is 19.0 Å². The summed E-state index contributed by atoms with van der Waals surface area (Å²) in [6, 6.07) is 5.13. The lowest BCUT2D eigenvalue weighted by atomic mass is 10.2. The van der Waals surface area contributed by atoms with Gasteiger partial charge in [0.1, 0.15) is 0 Å². The summed E-state index contributed by atoms with van der Waals surface area (Å²) in [5.74, 6) is 1.12. The quantitative estimate of drug-likeness (QED) is 0.605. The second-order valence-electron chi connectivity index (χ2n) is 6.41. The van der Waals surface area contributed by atoms with Crippen LogP contribution in [0.15, 0.2) is 30.6 Å². The van der Waals surface area contributed by atoms with Gasteiger partial charge in [-0.15, -0.1) is 0 Å². The normalized spacial score (nSPS) is 10.5. The van der Waals surface area contributed by atoms with Crippen molar-refractivity contribution in [2.75, 3.05) is 59.1 Å². The van der Waals surface area contributed by atoms with Crippen molar-refractivity contribution in [2.24, 2.45) is 0 Å². The molecule has 0 unspecified atom stereocenters. The van der Waals surface area contributed by atoms with Crippen molar-refractivity contribution >= 4 is 17.3 Å². The van der Waals surface area contributed by atoms with Crippen LogP contribution < -0.4 is 24.8 Å². The fourth-order valence-electron chi connectivity index (χ4n) is 2.65. The Hall–Kier alpha value is -3.00. The second-order valence-corrected chi connectivity index (χ2v) is 6.41. The van der Waals surface area contributed by atoms with Crippen LogP contribution in [0.4, 0.5) is 11.4 Å². The van der Waals surface area contributed by atoms with Gasteiger partial charge in [-0.25, -0.2) is 0 Å². The molecule has 0 aliphatic heterocycles. The summed E-state index contributed by atoms with van der Waals surface area (Å²) < 4.78 is 15.9. The number of rotatable bonds is 10. The van der Waals surface area contributed by atoms with Gasteiger partial charge in [0, 0.05) is 36.8 Å². The van der Waals surface area contributed by atoms with Crippen LogP contribution in [0.5, 0.6) is 17.2 Å². The van der Waals surface area contributed by atoms with Crippen LogP contribution in [0.2, 0.25) is 0 Å². The molecule has 8 nitrogen and oxygen atoms in total. The second kappa shape index (κ2) is 10.4. The van der Waals surface area contributed by atoms with Gasteiger partial charge in [-0.3, -0.25) is 9.78 Å². The molecule has 0 radical (unpaired) electrons. The third kappa shape index (κ3) is 5.75. The van der Waals surface area contributed by atoms with E-state index in [0.717, 1.165) is 25.2 Å². The summed E-state index contributed by atoms with van der Waals surface area (Å²) in [7, 11) is 8.66. The first-order valence-corrected chi connectivity index (χ1v) is 8.93. The van der Waals surface area contributed by atoms with Gasteiger partial charge in [-0.05, 0) is 33.1 Å². The molecule has 2 aromatic rings. The summed E-state index contributed by atoms with van der Waals surface area (Å²) >= 11 is 0. The molecule has 0 bridgehead atoms. The molecule has 1 amide bonds. The lowest BCUT2D eigenvalue weighted by Gasteiger charge is -2.15. The number of methoxy groups -OCH3 is 3. The summed E-state index contributed by atoms with van der Waals surface area (Å²) in [6.45, 7) is 1.79. The molecule has 2 rings (SSSR count). The molecule has 8 heteroatoms. The number of hydrogen-bond donors (Lipinski definition) is 2. The maximum atomic E-state index is 12.6. The van der Waals surface area contributed by atoms with E-state index in [-0.39, 0.29) is 5.91 Å². The van der Waals surface area contributed by atoms with Crippen LogP contribution in [0, 0.1) is 0 Å². The van der Waals surface area contributed by atoms with Gasteiger partial charge in [0.15, 0.2) is 11.5 Å². The van der Waals surface area contributed by atoms with Gasteiger partial charge in [0.2, 0.25) is 5.75 Å². The Bertz CT molecular complexity index is 771. The van der Waals surface area contributed by atoms with Crippen molar-refractivity contribution in [3.63, 3.8) is 0 Å². The predicted molar refractivity (Wildman–Crippen MR) is 110 cm³/mol. The van der Waals surface area contributed by atoms with E-state index in [4.69, 9.17) is 14.2 Å². The first-order chi connectivity index (χ1) is 13.5. The number of benzene rings is 1. The predicted octanol–water partition coefficient (Wildman–Crippen LogP) is 2.72. The fourth-order valence-corrected chi connectivity index (χ4v) is 2.65. The Morgan fingerprint density at radius 1 is 1.00 bits per heavy atom. The fraction of sp³-hybridized carbons (Fsp3) is 0.400. The number of ether oxygens (including phenoxy) is 3. The number of aromatic nitrogens is 1. The minimum absolute atomic E-state index is 0.279. The van der Waals surface area contributed by atoms with E-state index in [1.807, 2.05) is 14.1 Å². The van der Waals surface area contributed by atoms with Crippen molar-refractivity contribution in [2.45, 2.75) is 6.42 Å². The monoisotopic (exact) mass is 388 g/mol. The highest BCUT2D eigenvalue weighted by Crippen LogP contribution is 2.40. The van der Waals surface area contributed by atoms with Gasteiger partial charge in [0.05, 0.1) is 32.6 Å². The third-order valence-electron chi connectivity index (χ3n) is 4.03. The van der Waals surface area contributed by atoms with Crippen molar-refractivity contribution in [1.82, 2.24) is 9.88 Å². The number of anilines is 2. The zero-order valence-electron chi connectivity index (χ0n) is 17.0. The third-order valence-corrected chi connectivity index (χ3v) is 4.03. The molecular formula is C20H28N4O4. The van der Waals surface area contributed by atoms with E-state index >= 15 is 0 Å². The molecule has 1 heterocycles. The highest BCUT2D eigenvalue weighted by molar-refractivity contribution is 6.04. The maximum absolute atomic E-state index is 12.6. The van der Waals surface area contributed by atoms with Crippen LogP contribution >= 0.6 is 0 Å². The van der Waals surface area contributed by atoms with Gasteiger partial charge in [-0.2, -0.15) is 0 Å². The number of amides is 1. The molecule has 0 aliphatic rings. The van der Waals surface area contributed by atoms with Crippen LogP contribution in [0.1, 0.15) is 16.8 Å². The molecule has 1 aromatic heterocycles. The molecule has 0 saturated heterocycles. The minimum atomic E-state index is -0.279. The van der Waals surface area contributed by atoms with Crippen LogP contribution in [-0.2, 0) is 0 Å². The van der Waals surface area contributed by atoms with Crippen LogP contribution in [0.25, 0.3) is 0 Å². The lowest BCUT2D eigenvalue weighted by molar-refractivity contribution is 0.102. The Morgan fingerprint density at radius 2 is 1.68 bits per heavy atom. The van der Waals surface area contributed by atoms with Gasteiger partial charge in [-0.1, -0.05) is 0 Å². The van der Waals surface area contributed by atoms with E-state index in [1.165, 1.54) is 27.5 Å². The zero-order chi connectivity index (χ0) is 20.5. The average molecular weight is 388 g/mol. The smallest absolute Gasteiger partial charge is 0.257 e. The van der Waals surface area contributed by atoms with E-state index in [1.54, 1.807) is 24.4 Å². The lowest BCUT2D eigenvalue weighted by Crippen LogP contribution is -2.17. The largest absolute Gasteiger partial charge is 0.493 e. The van der Waals surface area contributed by atoms with E-state index in [2.05, 4.69) is 20.5 Å². The highest BCUT2D eigenvalue weighted by Gasteiger charge is 2.15. The SMILES string of the molecule is COc1cc(NC(=O)c2cncc(NCCCN(C)C)c2)cc(OC)c1OC. The first kappa shape index (κ1) is 21.3. The van der Waals surface area contributed by atoms with Gasteiger partial charge < -0.3 is 29.7 Å². The molecule has 28 heavy (non-hydrogen) atoms. The Balaban J connectivity index is 2.09. The summed E-state index contributed by atoms with van der Waals surface area (Å²) in [5.41, 5.74) is 1.78. The topological polar surface area (TPSA) is 85.0 Å². The van der Waals surface area contributed by atoms with E-state index in [0.29, 0.717) is 28.5 Å². The number of carbonyl (C=O) groups excluding carboxylic acids is 1. The minimum Gasteiger partial charge on any atom is -0.493 e. The van der Waals surface area contributed by atoms with E-state index in [9.17, 15) is 4.79 Å². The Labute approximate surface area is 165 Å². The molecule has 0 spiro atoms. The van der Waals surface area contributed by atoms with Crippen molar-refractivity contribution in [3.8, 4) is 17.2 Å². The molecule has 1 aromatic carbocycles. The van der Waals surface area contributed by atoms with Gasteiger partial charge >= 0.3 is 0 Å². The average Bonchev–Trinajstić information content (AvgIpc) is 2.70. The van der Waals surface area contributed by atoms with E-state index < -0.39 is 0 Å².